The van der Waals surface area contributed by atoms with Crippen LogP contribution in [0.4, 0.5) is 0 Å². The number of amides is 1. The fraction of sp³-hybridized carbons (Fsp3) is 0.522. The van der Waals surface area contributed by atoms with Crippen molar-refractivity contribution in [2.45, 2.75) is 64.2 Å². The number of carbonyl (C=O) groups excluding carboxylic acids is 1. The second-order valence-corrected chi connectivity index (χ2v) is 8.73. The molecule has 1 saturated heterocycles. The molecule has 1 fully saturated rings. The summed E-state index contributed by atoms with van der Waals surface area (Å²) in [5, 5.41) is 5.32. The van der Waals surface area contributed by atoms with Gasteiger partial charge < -0.3 is 14.4 Å². The molecule has 152 valence electrons. The number of likely N-dealkylation sites (tertiary alicyclic amines) is 1. The third kappa shape index (κ3) is 3.24. The van der Waals surface area contributed by atoms with Crippen LogP contribution in [-0.2, 0) is 12.8 Å². The van der Waals surface area contributed by atoms with Crippen LogP contribution in [0.1, 0.15) is 84.7 Å². The van der Waals surface area contributed by atoms with Crippen molar-refractivity contribution in [2.75, 3.05) is 13.1 Å². The predicted octanol–water partition coefficient (Wildman–Crippen LogP) is 4.57. The molecule has 3 heterocycles. The Labute approximate surface area is 170 Å². The normalized spacial score (nSPS) is 17.8. The van der Waals surface area contributed by atoms with E-state index in [0.29, 0.717) is 0 Å². The second kappa shape index (κ2) is 7.32. The Balaban J connectivity index is 1.34. The molecule has 1 aliphatic heterocycles. The van der Waals surface area contributed by atoms with E-state index in [1.165, 1.54) is 29.5 Å². The largest absolute Gasteiger partial charge is 0.358 e. The van der Waals surface area contributed by atoms with Crippen molar-refractivity contribution in [1.29, 1.82) is 0 Å². The summed E-state index contributed by atoms with van der Waals surface area (Å²) in [7, 11) is 0. The molecule has 2 aliphatic rings. The van der Waals surface area contributed by atoms with Crippen molar-refractivity contribution in [3.63, 3.8) is 0 Å². The molecule has 6 heteroatoms. The topological polar surface area (TPSA) is 75.0 Å². The number of benzene rings is 1. The molecule has 0 radical (unpaired) electrons. The van der Waals surface area contributed by atoms with Crippen molar-refractivity contribution < 1.29 is 9.32 Å². The van der Waals surface area contributed by atoms with E-state index in [4.69, 9.17) is 4.52 Å². The highest BCUT2D eigenvalue weighted by Gasteiger charge is 2.29. The van der Waals surface area contributed by atoms with Gasteiger partial charge in [0.05, 0.1) is 11.1 Å². The number of H-pyrrole nitrogens is 1. The Bertz CT molecular complexity index is 1040. The average Bonchev–Trinajstić information content (AvgIpc) is 3.38. The van der Waals surface area contributed by atoms with Crippen LogP contribution >= 0.6 is 0 Å². The van der Waals surface area contributed by atoms with Gasteiger partial charge in [-0.25, -0.2) is 0 Å². The number of nitrogens with zero attached hydrogens (tertiary/aromatic N) is 3. The zero-order valence-corrected chi connectivity index (χ0v) is 17.2. The number of fused-ring (bicyclic) bond motifs is 3. The molecule has 1 aliphatic carbocycles. The van der Waals surface area contributed by atoms with E-state index in [0.717, 1.165) is 61.6 Å². The first-order valence-corrected chi connectivity index (χ1v) is 10.9. The number of para-hydroxylation sites is 1. The Morgan fingerprint density at radius 3 is 2.76 bits per heavy atom. The monoisotopic (exact) mass is 392 g/mol. The lowest BCUT2D eigenvalue weighted by Gasteiger charge is -2.30. The highest BCUT2D eigenvalue weighted by Crippen LogP contribution is 2.33. The summed E-state index contributed by atoms with van der Waals surface area (Å²) in [4.78, 5) is 23.4. The number of aryl methyl sites for hydroxylation is 2. The van der Waals surface area contributed by atoms with E-state index in [1.54, 1.807) is 0 Å². The first-order valence-electron chi connectivity index (χ1n) is 10.9. The van der Waals surface area contributed by atoms with E-state index >= 15 is 0 Å². The SMILES string of the molecule is CC(C)c1noc(C2CCN(C(=O)c3cccc4c5c([nH]c34)CCCC5)CC2)n1. The maximum Gasteiger partial charge on any atom is 0.255 e. The smallest absolute Gasteiger partial charge is 0.255 e. The molecule has 1 N–H and O–H groups in total. The van der Waals surface area contributed by atoms with Gasteiger partial charge in [0, 0.05) is 36.0 Å². The van der Waals surface area contributed by atoms with Crippen molar-refractivity contribution in [3.8, 4) is 0 Å². The van der Waals surface area contributed by atoms with Crippen molar-refractivity contribution in [1.82, 2.24) is 20.0 Å². The number of piperidine rings is 1. The molecule has 0 unspecified atom stereocenters. The summed E-state index contributed by atoms with van der Waals surface area (Å²) in [5.41, 5.74) is 4.56. The molecule has 0 atom stereocenters. The van der Waals surface area contributed by atoms with Gasteiger partial charge in [0.1, 0.15) is 0 Å². The first-order chi connectivity index (χ1) is 14.1. The fourth-order valence-corrected chi connectivity index (χ4v) is 4.76. The van der Waals surface area contributed by atoms with Gasteiger partial charge in [-0.3, -0.25) is 4.79 Å². The zero-order chi connectivity index (χ0) is 20.0. The number of carbonyl (C=O) groups is 1. The molecular formula is C23H28N4O2. The van der Waals surface area contributed by atoms with Crippen LogP contribution in [0.5, 0.6) is 0 Å². The van der Waals surface area contributed by atoms with Gasteiger partial charge >= 0.3 is 0 Å². The molecule has 2 aromatic heterocycles. The summed E-state index contributed by atoms with van der Waals surface area (Å²) in [5.74, 6) is 2.12. The van der Waals surface area contributed by atoms with Gasteiger partial charge in [0.15, 0.2) is 5.82 Å². The van der Waals surface area contributed by atoms with Crippen LogP contribution < -0.4 is 0 Å². The van der Waals surface area contributed by atoms with Gasteiger partial charge in [-0.2, -0.15) is 4.98 Å². The first kappa shape index (κ1) is 18.4. The van der Waals surface area contributed by atoms with Crippen molar-refractivity contribution in [2.24, 2.45) is 0 Å². The second-order valence-electron chi connectivity index (χ2n) is 8.73. The minimum Gasteiger partial charge on any atom is -0.358 e. The van der Waals surface area contributed by atoms with E-state index in [1.807, 2.05) is 17.0 Å². The van der Waals surface area contributed by atoms with Gasteiger partial charge in [-0.05, 0) is 50.2 Å². The minimum atomic E-state index is 0.126. The zero-order valence-electron chi connectivity index (χ0n) is 17.2. The molecule has 1 amide bonds. The summed E-state index contributed by atoms with van der Waals surface area (Å²) >= 11 is 0. The predicted molar refractivity (Wildman–Crippen MR) is 111 cm³/mol. The standard InChI is InChI=1S/C23H28N4O2/c1-14(2)21-25-22(29-26-21)15-10-12-27(13-11-15)23(28)18-8-5-7-17-16-6-3-4-9-19(16)24-20(17)18/h5,7-8,14-15,24H,3-4,6,9-13H2,1-2H3. The van der Waals surface area contributed by atoms with E-state index in [2.05, 4.69) is 35.0 Å². The summed E-state index contributed by atoms with van der Waals surface area (Å²) < 4.78 is 5.48. The Morgan fingerprint density at radius 1 is 1.21 bits per heavy atom. The van der Waals surface area contributed by atoms with Crippen LogP contribution in [0.25, 0.3) is 10.9 Å². The fourth-order valence-electron chi connectivity index (χ4n) is 4.76. The number of rotatable bonds is 3. The molecule has 5 rings (SSSR count). The van der Waals surface area contributed by atoms with Crippen molar-refractivity contribution >= 4 is 16.8 Å². The maximum absolute atomic E-state index is 13.3. The lowest BCUT2D eigenvalue weighted by Crippen LogP contribution is -2.38. The van der Waals surface area contributed by atoms with Crippen LogP contribution in [0.3, 0.4) is 0 Å². The quantitative estimate of drug-likeness (QED) is 0.708. The Morgan fingerprint density at radius 2 is 2.00 bits per heavy atom. The number of aromatic nitrogens is 3. The minimum absolute atomic E-state index is 0.126. The van der Waals surface area contributed by atoms with E-state index in [9.17, 15) is 4.79 Å². The highest BCUT2D eigenvalue weighted by molar-refractivity contribution is 6.06. The van der Waals surface area contributed by atoms with Gasteiger partial charge in [0.25, 0.3) is 5.91 Å². The molecule has 29 heavy (non-hydrogen) atoms. The number of nitrogens with one attached hydrogen (secondary N) is 1. The van der Waals surface area contributed by atoms with Crippen molar-refractivity contribution in [3.05, 3.63) is 46.7 Å². The molecule has 3 aromatic rings. The maximum atomic E-state index is 13.3. The molecule has 1 aromatic carbocycles. The number of hydrogen-bond donors (Lipinski definition) is 1. The molecular weight excluding hydrogens is 364 g/mol. The average molecular weight is 393 g/mol. The molecule has 6 nitrogen and oxygen atoms in total. The van der Waals surface area contributed by atoms with Gasteiger partial charge in [-0.15, -0.1) is 0 Å². The Hall–Kier alpha value is -2.63. The third-order valence-corrected chi connectivity index (χ3v) is 6.47. The van der Waals surface area contributed by atoms with E-state index < -0.39 is 0 Å². The van der Waals surface area contributed by atoms with Gasteiger partial charge in [-0.1, -0.05) is 31.1 Å². The summed E-state index contributed by atoms with van der Waals surface area (Å²) in [6.07, 6.45) is 6.39. The molecule has 0 spiro atoms. The lowest BCUT2D eigenvalue weighted by atomic mass is 9.94. The Kier molecular flexibility index (Phi) is 4.64. The van der Waals surface area contributed by atoms with E-state index in [-0.39, 0.29) is 17.7 Å². The molecule has 0 saturated carbocycles. The van der Waals surface area contributed by atoms with Crippen LogP contribution in [0.2, 0.25) is 0 Å². The third-order valence-electron chi connectivity index (χ3n) is 6.47. The molecule has 0 bridgehead atoms. The summed E-state index contributed by atoms with van der Waals surface area (Å²) in [6, 6.07) is 6.14. The highest BCUT2D eigenvalue weighted by atomic mass is 16.5. The van der Waals surface area contributed by atoms with Crippen LogP contribution in [0, 0.1) is 0 Å². The summed E-state index contributed by atoms with van der Waals surface area (Å²) in [6.45, 7) is 5.57. The lowest BCUT2D eigenvalue weighted by molar-refractivity contribution is 0.0706. The van der Waals surface area contributed by atoms with Crippen LogP contribution in [0.15, 0.2) is 22.7 Å². The van der Waals surface area contributed by atoms with Crippen LogP contribution in [-0.4, -0.2) is 39.0 Å². The van der Waals surface area contributed by atoms with Gasteiger partial charge in [0.2, 0.25) is 5.89 Å². The number of hydrogen-bond acceptors (Lipinski definition) is 4. The number of aromatic amines is 1.